The van der Waals surface area contributed by atoms with Crippen molar-refractivity contribution in [3.63, 3.8) is 0 Å². The molecule has 0 aliphatic rings. The Kier molecular flexibility index (Phi) is 3.46. The van der Waals surface area contributed by atoms with Gasteiger partial charge < -0.3 is 5.11 Å². The van der Waals surface area contributed by atoms with Crippen molar-refractivity contribution in [3.8, 4) is 11.1 Å². The van der Waals surface area contributed by atoms with Crippen molar-refractivity contribution in [2.75, 3.05) is 0 Å². The average Bonchev–Trinajstić information content (AvgIpc) is 2.72. The van der Waals surface area contributed by atoms with E-state index in [1.165, 1.54) is 0 Å². The third-order valence-electron chi connectivity index (χ3n) is 3.07. The first kappa shape index (κ1) is 12.4. The van der Waals surface area contributed by atoms with E-state index in [1.807, 2.05) is 37.4 Å². The van der Waals surface area contributed by atoms with Crippen LogP contribution in [-0.2, 0) is 18.3 Å². The number of carboxylic acids is 1. The first-order chi connectivity index (χ1) is 8.59. The first-order valence-corrected chi connectivity index (χ1v) is 5.88. The molecule has 94 valence electrons. The Balaban J connectivity index is 2.36. The zero-order valence-electron chi connectivity index (χ0n) is 10.5. The molecule has 1 heterocycles. The van der Waals surface area contributed by atoms with Crippen LogP contribution in [0.3, 0.4) is 0 Å². The standard InChI is InChI=1S/C14H16N2O2/c1-10(14(17)18)8-13-12(9-15-16(13)2)11-6-4-3-5-7-11/h3-7,9-10H,8H2,1-2H3,(H,17,18). The number of carbonyl (C=O) groups is 1. The highest BCUT2D eigenvalue weighted by Crippen LogP contribution is 2.25. The molecule has 1 N–H and O–H groups in total. The number of carboxylic acid groups (broad SMARTS) is 1. The van der Waals surface area contributed by atoms with Gasteiger partial charge in [-0.1, -0.05) is 37.3 Å². The molecule has 0 radical (unpaired) electrons. The predicted molar refractivity (Wildman–Crippen MR) is 69.1 cm³/mol. The molecule has 0 spiro atoms. The van der Waals surface area contributed by atoms with E-state index in [1.54, 1.807) is 17.8 Å². The second kappa shape index (κ2) is 5.04. The topological polar surface area (TPSA) is 55.1 Å². The molecule has 0 fully saturated rings. The number of aromatic nitrogens is 2. The van der Waals surface area contributed by atoms with E-state index in [0.29, 0.717) is 6.42 Å². The predicted octanol–water partition coefficient (Wildman–Crippen LogP) is 2.35. The summed E-state index contributed by atoms with van der Waals surface area (Å²) in [5.41, 5.74) is 3.03. The molecule has 2 aromatic rings. The van der Waals surface area contributed by atoms with Gasteiger partial charge in [-0.25, -0.2) is 0 Å². The molecule has 4 heteroatoms. The molecule has 18 heavy (non-hydrogen) atoms. The zero-order valence-corrected chi connectivity index (χ0v) is 10.5. The summed E-state index contributed by atoms with van der Waals surface area (Å²) in [6.45, 7) is 1.71. The lowest BCUT2D eigenvalue weighted by atomic mass is 9.99. The van der Waals surface area contributed by atoms with Crippen LogP contribution >= 0.6 is 0 Å². The van der Waals surface area contributed by atoms with Crippen molar-refractivity contribution in [3.05, 3.63) is 42.2 Å². The lowest BCUT2D eigenvalue weighted by Crippen LogP contribution is -2.15. The normalized spacial score (nSPS) is 12.3. The van der Waals surface area contributed by atoms with Crippen LogP contribution in [0.25, 0.3) is 11.1 Å². The van der Waals surface area contributed by atoms with Gasteiger partial charge >= 0.3 is 5.97 Å². The molecule has 0 aliphatic heterocycles. The Morgan fingerprint density at radius 1 is 1.39 bits per heavy atom. The highest BCUT2D eigenvalue weighted by molar-refractivity contribution is 5.71. The number of hydrogen-bond acceptors (Lipinski definition) is 2. The van der Waals surface area contributed by atoms with E-state index in [4.69, 9.17) is 5.11 Å². The van der Waals surface area contributed by atoms with E-state index < -0.39 is 11.9 Å². The second-order valence-corrected chi connectivity index (χ2v) is 4.44. The molecule has 4 nitrogen and oxygen atoms in total. The van der Waals surface area contributed by atoms with E-state index >= 15 is 0 Å². The van der Waals surface area contributed by atoms with Crippen molar-refractivity contribution in [2.45, 2.75) is 13.3 Å². The summed E-state index contributed by atoms with van der Waals surface area (Å²) in [5, 5.41) is 13.2. The van der Waals surface area contributed by atoms with Crippen molar-refractivity contribution in [1.29, 1.82) is 0 Å². The molecule has 1 atom stereocenters. The lowest BCUT2D eigenvalue weighted by molar-refractivity contribution is -0.141. The number of aryl methyl sites for hydroxylation is 1. The number of hydrogen-bond donors (Lipinski definition) is 1. The molecule has 0 saturated heterocycles. The van der Waals surface area contributed by atoms with E-state index in [2.05, 4.69) is 5.10 Å². The van der Waals surface area contributed by atoms with Gasteiger partial charge in [-0.3, -0.25) is 9.48 Å². The molecule has 0 saturated carbocycles. The van der Waals surface area contributed by atoms with E-state index in [-0.39, 0.29) is 0 Å². The maximum absolute atomic E-state index is 11.0. The fourth-order valence-corrected chi connectivity index (χ4v) is 1.94. The Morgan fingerprint density at radius 3 is 2.67 bits per heavy atom. The SMILES string of the molecule is CC(Cc1c(-c2ccccc2)cnn1C)C(=O)O. The van der Waals surface area contributed by atoms with Crippen LogP contribution in [0, 0.1) is 5.92 Å². The number of rotatable bonds is 4. The maximum atomic E-state index is 11.0. The highest BCUT2D eigenvalue weighted by atomic mass is 16.4. The molecular formula is C14H16N2O2. The smallest absolute Gasteiger partial charge is 0.306 e. The molecule has 1 aromatic heterocycles. The molecule has 0 amide bonds. The largest absolute Gasteiger partial charge is 0.481 e. The summed E-state index contributed by atoms with van der Waals surface area (Å²) in [6, 6.07) is 9.90. The van der Waals surface area contributed by atoms with Gasteiger partial charge in [0.2, 0.25) is 0 Å². The molecule has 1 aromatic carbocycles. The monoisotopic (exact) mass is 244 g/mol. The fourth-order valence-electron chi connectivity index (χ4n) is 1.94. The van der Waals surface area contributed by atoms with Gasteiger partial charge in [0.15, 0.2) is 0 Å². The van der Waals surface area contributed by atoms with Crippen molar-refractivity contribution >= 4 is 5.97 Å². The van der Waals surface area contributed by atoms with Crippen LogP contribution < -0.4 is 0 Å². The van der Waals surface area contributed by atoms with E-state index in [0.717, 1.165) is 16.8 Å². The summed E-state index contributed by atoms with van der Waals surface area (Å²) in [7, 11) is 1.84. The third-order valence-corrected chi connectivity index (χ3v) is 3.07. The molecule has 0 bridgehead atoms. The summed E-state index contributed by atoms with van der Waals surface area (Å²) in [4.78, 5) is 11.0. The molecule has 2 rings (SSSR count). The van der Waals surface area contributed by atoms with Gasteiger partial charge in [0.1, 0.15) is 0 Å². The van der Waals surface area contributed by atoms with Gasteiger partial charge in [-0.05, 0) is 5.56 Å². The van der Waals surface area contributed by atoms with Crippen LogP contribution in [0.4, 0.5) is 0 Å². The minimum absolute atomic E-state index is 0.414. The van der Waals surface area contributed by atoms with Crippen LogP contribution in [0.15, 0.2) is 36.5 Å². The Bertz CT molecular complexity index is 546. The third kappa shape index (κ3) is 2.42. The van der Waals surface area contributed by atoms with Crippen LogP contribution in [-0.4, -0.2) is 20.9 Å². The minimum Gasteiger partial charge on any atom is -0.481 e. The van der Waals surface area contributed by atoms with Crippen LogP contribution in [0.2, 0.25) is 0 Å². The van der Waals surface area contributed by atoms with Gasteiger partial charge in [0, 0.05) is 24.7 Å². The van der Waals surface area contributed by atoms with Gasteiger partial charge in [0.05, 0.1) is 12.1 Å². The van der Waals surface area contributed by atoms with Gasteiger partial charge in [-0.2, -0.15) is 5.10 Å². The number of aliphatic carboxylic acids is 1. The number of nitrogens with zero attached hydrogens (tertiary/aromatic N) is 2. The fraction of sp³-hybridized carbons (Fsp3) is 0.286. The average molecular weight is 244 g/mol. The quantitative estimate of drug-likeness (QED) is 0.898. The molecule has 0 aliphatic carbocycles. The highest BCUT2D eigenvalue weighted by Gasteiger charge is 2.17. The van der Waals surface area contributed by atoms with Crippen molar-refractivity contribution < 1.29 is 9.90 Å². The molecule has 1 unspecified atom stereocenters. The lowest BCUT2D eigenvalue weighted by Gasteiger charge is -2.09. The van der Waals surface area contributed by atoms with Crippen molar-refractivity contribution in [2.24, 2.45) is 13.0 Å². The summed E-state index contributed by atoms with van der Waals surface area (Å²) >= 11 is 0. The zero-order chi connectivity index (χ0) is 13.1. The molecular weight excluding hydrogens is 228 g/mol. The van der Waals surface area contributed by atoms with E-state index in [9.17, 15) is 4.79 Å². The summed E-state index contributed by atoms with van der Waals surface area (Å²) in [6.07, 6.45) is 2.27. The number of benzene rings is 1. The Labute approximate surface area is 106 Å². The first-order valence-electron chi connectivity index (χ1n) is 5.88. The van der Waals surface area contributed by atoms with Gasteiger partial charge in [0.25, 0.3) is 0 Å². The van der Waals surface area contributed by atoms with Crippen molar-refractivity contribution in [1.82, 2.24) is 9.78 Å². The second-order valence-electron chi connectivity index (χ2n) is 4.44. The maximum Gasteiger partial charge on any atom is 0.306 e. The Morgan fingerprint density at radius 2 is 2.06 bits per heavy atom. The minimum atomic E-state index is -0.782. The van der Waals surface area contributed by atoms with Gasteiger partial charge in [-0.15, -0.1) is 0 Å². The summed E-state index contributed by atoms with van der Waals surface area (Å²) in [5.74, 6) is -1.20. The Hall–Kier alpha value is -2.10. The van der Waals surface area contributed by atoms with Crippen LogP contribution in [0.1, 0.15) is 12.6 Å². The van der Waals surface area contributed by atoms with Crippen LogP contribution in [0.5, 0.6) is 0 Å². The summed E-state index contributed by atoms with van der Waals surface area (Å²) < 4.78 is 1.75.